The van der Waals surface area contributed by atoms with E-state index in [2.05, 4.69) is 31.7 Å². The highest BCUT2D eigenvalue weighted by Gasteiger charge is 2.14. The molecule has 3 heteroatoms. The first-order chi connectivity index (χ1) is 8.13. The first-order valence-corrected chi connectivity index (χ1v) is 6.76. The third kappa shape index (κ3) is 3.62. The molecular formula is C14H23ClN2. The largest absolute Gasteiger partial charge is 0.369 e. The van der Waals surface area contributed by atoms with Crippen molar-refractivity contribution in [3.63, 3.8) is 0 Å². The van der Waals surface area contributed by atoms with Crippen molar-refractivity contribution in [1.82, 2.24) is 0 Å². The fourth-order valence-electron chi connectivity index (χ4n) is 2.13. The third-order valence-electron chi connectivity index (χ3n) is 3.23. The highest BCUT2D eigenvalue weighted by atomic mass is 35.5. The van der Waals surface area contributed by atoms with Crippen molar-refractivity contribution in [2.24, 2.45) is 5.73 Å². The Bertz CT molecular complexity index is 352. The molecule has 1 unspecified atom stereocenters. The number of anilines is 1. The Morgan fingerprint density at radius 1 is 1.35 bits per heavy atom. The zero-order valence-electron chi connectivity index (χ0n) is 11.0. The maximum absolute atomic E-state index is 6.05. The molecule has 0 spiro atoms. The molecule has 0 saturated heterocycles. The fraction of sp³-hybridized carbons (Fsp3) is 0.571. The minimum absolute atomic E-state index is 0.540. The van der Waals surface area contributed by atoms with E-state index < -0.39 is 0 Å². The maximum atomic E-state index is 6.05. The normalized spacial score (nSPS) is 12.5. The van der Waals surface area contributed by atoms with Crippen LogP contribution in [0, 0.1) is 0 Å². The van der Waals surface area contributed by atoms with E-state index in [0.29, 0.717) is 12.6 Å². The van der Waals surface area contributed by atoms with Gasteiger partial charge in [-0.1, -0.05) is 18.5 Å². The van der Waals surface area contributed by atoms with Crippen LogP contribution in [-0.4, -0.2) is 19.1 Å². The molecular weight excluding hydrogens is 232 g/mol. The molecule has 0 aliphatic carbocycles. The topological polar surface area (TPSA) is 29.3 Å². The number of hydrogen-bond donors (Lipinski definition) is 1. The lowest BCUT2D eigenvalue weighted by molar-refractivity contribution is 0.627. The van der Waals surface area contributed by atoms with Gasteiger partial charge in [-0.25, -0.2) is 0 Å². The second-order valence-electron chi connectivity index (χ2n) is 4.35. The van der Waals surface area contributed by atoms with E-state index in [-0.39, 0.29) is 0 Å². The molecule has 1 aromatic carbocycles. The molecule has 0 fully saturated rings. The van der Waals surface area contributed by atoms with Crippen LogP contribution in [0.2, 0.25) is 5.02 Å². The van der Waals surface area contributed by atoms with Crippen molar-refractivity contribution in [1.29, 1.82) is 0 Å². The van der Waals surface area contributed by atoms with Crippen molar-refractivity contribution in [3.8, 4) is 0 Å². The molecule has 0 bridgehead atoms. The molecule has 0 radical (unpaired) electrons. The van der Waals surface area contributed by atoms with E-state index in [1.165, 1.54) is 11.3 Å². The summed E-state index contributed by atoms with van der Waals surface area (Å²) in [6.07, 6.45) is 2.02. The summed E-state index contributed by atoms with van der Waals surface area (Å²) in [5, 5.41) is 0.789. The second-order valence-corrected chi connectivity index (χ2v) is 4.79. The molecule has 1 rings (SSSR count). The number of rotatable bonds is 6. The molecule has 0 aromatic heterocycles. The van der Waals surface area contributed by atoms with E-state index in [1.54, 1.807) is 0 Å². The number of halogens is 1. The van der Waals surface area contributed by atoms with Crippen LogP contribution in [0.1, 0.15) is 32.8 Å². The minimum atomic E-state index is 0.540. The molecule has 0 amide bonds. The average molecular weight is 255 g/mol. The summed E-state index contributed by atoms with van der Waals surface area (Å²) >= 11 is 6.05. The first-order valence-electron chi connectivity index (χ1n) is 6.39. The first kappa shape index (κ1) is 14.3. The Balaban J connectivity index is 3.08. The zero-order chi connectivity index (χ0) is 12.8. The van der Waals surface area contributed by atoms with Gasteiger partial charge in [0, 0.05) is 23.3 Å². The fourth-order valence-corrected chi connectivity index (χ4v) is 2.32. The van der Waals surface area contributed by atoms with Crippen molar-refractivity contribution < 1.29 is 0 Å². The predicted octanol–water partition coefficient (Wildman–Crippen LogP) is 3.47. The minimum Gasteiger partial charge on any atom is -0.369 e. The molecule has 0 aliphatic heterocycles. The summed E-state index contributed by atoms with van der Waals surface area (Å²) in [5.41, 5.74) is 8.19. The number of nitrogens with zero attached hydrogens (tertiary/aromatic N) is 1. The summed E-state index contributed by atoms with van der Waals surface area (Å²) in [4.78, 5) is 2.42. The van der Waals surface area contributed by atoms with Crippen molar-refractivity contribution in [2.75, 3.05) is 18.0 Å². The van der Waals surface area contributed by atoms with E-state index in [0.717, 1.165) is 24.4 Å². The van der Waals surface area contributed by atoms with Crippen LogP contribution in [0.4, 0.5) is 5.69 Å². The molecule has 17 heavy (non-hydrogen) atoms. The van der Waals surface area contributed by atoms with E-state index in [1.807, 2.05) is 12.1 Å². The van der Waals surface area contributed by atoms with Crippen LogP contribution in [0.3, 0.4) is 0 Å². The number of benzene rings is 1. The molecule has 1 aromatic rings. The third-order valence-corrected chi connectivity index (χ3v) is 3.46. The molecule has 96 valence electrons. The lowest BCUT2D eigenvalue weighted by atomic mass is 10.1. The Hall–Kier alpha value is -0.730. The van der Waals surface area contributed by atoms with Crippen LogP contribution < -0.4 is 10.6 Å². The lowest BCUT2D eigenvalue weighted by Gasteiger charge is -2.31. The number of nitrogens with two attached hydrogens (primary N) is 1. The van der Waals surface area contributed by atoms with Gasteiger partial charge < -0.3 is 10.6 Å². The van der Waals surface area contributed by atoms with Gasteiger partial charge >= 0.3 is 0 Å². The van der Waals surface area contributed by atoms with Crippen LogP contribution in [0.25, 0.3) is 0 Å². The summed E-state index contributed by atoms with van der Waals surface area (Å²) in [7, 11) is 0. The summed E-state index contributed by atoms with van der Waals surface area (Å²) in [5.74, 6) is 0. The van der Waals surface area contributed by atoms with E-state index >= 15 is 0 Å². The van der Waals surface area contributed by atoms with Gasteiger partial charge in [0.2, 0.25) is 0 Å². The van der Waals surface area contributed by atoms with E-state index in [9.17, 15) is 0 Å². The van der Waals surface area contributed by atoms with Crippen LogP contribution >= 0.6 is 11.6 Å². The standard InChI is InChI=1S/C14H23ClN2/c1-4-11(3)17(5-2)14-7-6-13(15)10-12(14)8-9-16/h6-7,10-11H,4-5,8-9,16H2,1-3H3. The van der Waals surface area contributed by atoms with E-state index in [4.69, 9.17) is 17.3 Å². The van der Waals surface area contributed by atoms with Gasteiger partial charge in [-0.2, -0.15) is 0 Å². The van der Waals surface area contributed by atoms with Gasteiger partial charge in [0.1, 0.15) is 0 Å². The summed E-state index contributed by atoms with van der Waals surface area (Å²) in [6, 6.07) is 6.65. The molecule has 2 nitrogen and oxygen atoms in total. The predicted molar refractivity (Wildman–Crippen MR) is 77.0 cm³/mol. The van der Waals surface area contributed by atoms with Gasteiger partial charge in [0.05, 0.1) is 0 Å². The zero-order valence-corrected chi connectivity index (χ0v) is 11.8. The Labute approximate surface area is 110 Å². The highest BCUT2D eigenvalue weighted by molar-refractivity contribution is 6.30. The SMILES string of the molecule is CCC(C)N(CC)c1ccc(Cl)cc1CCN. The maximum Gasteiger partial charge on any atom is 0.0410 e. The highest BCUT2D eigenvalue weighted by Crippen LogP contribution is 2.26. The van der Waals surface area contributed by atoms with Gasteiger partial charge in [-0.3, -0.25) is 0 Å². The Kier molecular flexibility index (Phi) is 5.79. The van der Waals surface area contributed by atoms with Gasteiger partial charge in [-0.15, -0.1) is 0 Å². The Morgan fingerprint density at radius 3 is 2.59 bits per heavy atom. The van der Waals surface area contributed by atoms with Crippen molar-refractivity contribution in [3.05, 3.63) is 28.8 Å². The van der Waals surface area contributed by atoms with Crippen LogP contribution in [-0.2, 0) is 6.42 Å². The smallest absolute Gasteiger partial charge is 0.0410 e. The van der Waals surface area contributed by atoms with Crippen LogP contribution in [0.15, 0.2) is 18.2 Å². The van der Waals surface area contributed by atoms with Crippen molar-refractivity contribution >= 4 is 17.3 Å². The van der Waals surface area contributed by atoms with Crippen LogP contribution in [0.5, 0.6) is 0 Å². The van der Waals surface area contributed by atoms with Crippen molar-refractivity contribution in [2.45, 2.75) is 39.7 Å². The average Bonchev–Trinajstić information content (AvgIpc) is 2.32. The Morgan fingerprint density at radius 2 is 2.06 bits per heavy atom. The quantitative estimate of drug-likeness (QED) is 0.842. The molecule has 0 aliphatic rings. The molecule has 2 N–H and O–H groups in total. The molecule has 1 atom stereocenters. The monoisotopic (exact) mass is 254 g/mol. The van der Waals surface area contributed by atoms with Gasteiger partial charge in [0.15, 0.2) is 0 Å². The lowest BCUT2D eigenvalue weighted by Crippen LogP contribution is -2.33. The number of hydrogen-bond acceptors (Lipinski definition) is 2. The summed E-state index contributed by atoms with van der Waals surface area (Å²) in [6.45, 7) is 8.32. The molecule has 0 heterocycles. The van der Waals surface area contributed by atoms with Gasteiger partial charge in [0.25, 0.3) is 0 Å². The second kappa shape index (κ2) is 6.87. The summed E-state index contributed by atoms with van der Waals surface area (Å²) < 4.78 is 0. The molecule has 0 saturated carbocycles. The van der Waals surface area contributed by atoms with Gasteiger partial charge in [-0.05, 0) is 57.0 Å².